The molecule has 1 saturated carbocycles. The molecule has 1 aliphatic heterocycles. The largest absolute Gasteiger partial charge is 0.481 e. The predicted octanol–water partition coefficient (Wildman–Crippen LogP) is 1.80. The zero-order valence-corrected chi connectivity index (χ0v) is 11.9. The highest BCUT2D eigenvalue weighted by Crippen LogP contribution is 2.36. The Morgan fingerprint density at radius 3 is 2.65 bits per heavy atom. The average molecular weight is 290 g/mol. The number of likely N-dealkylation sites (tertiary alicyclic amines) is 1. The number of alkyl halides is 2. The summed E-state index contributed by atoms with van der Waals surface area (Å²) in [5.74, 6) is -0.0458. The monoisotopic (exact) mass is 290 g/mol. The summed E-state index contributed by atoms with van der Waals surface area (Å²) in [6.07, 6.45) is 0.907. The zero-order valence-electron chi connectivity index (χ0n) is 11.9. The Labute approximate surface area is 118 Å². The van der Waals surface area contributed by atoms with Crippen molar-refractivity contribution in [2.45, 2.75) is 51.1 Å². The molecule has 1 saturated heterocycles. The van der Waals surface area contributed by atoms with Crippen molar-refractivity contribution in [3.8, 4) is 0 Å². The lowest BCUT2D eigenvalue weighted by Gasteiger charge is -2.41. The molecule has 1 aliphatic carbocycles. The van der Waals surface area contributed by atoms with Crippen LogP contribution in [-0.4, -0.2) is 54.1 Å². The smallest absolute Gasteiger partial charge is 0.303 e. The number of piperidine rings is 1. The van der Waals surface area contributed by atoms with Gasteiger partial charge in [-0.25, -0.2) is 8.78 Å². The number of hydrogen-bond donors (Lipinski definition) is 2. The van der Waals surface area contributed by atoms with Gasteiger partial charge in [-0.15, -0.1) is 0 Å². The van der Waals surface area contributed by atoms with Crippen molar-refractivity contribution in [1.29, 1.82) is 0 Å². The van der Waals surface area contributed by atoms with Crippen LogP contribution in [0.5, 0.6) is 0 Å². The van der Waals surface area contributed by atoms with Gasteiger partial charge in [-0.1, -0.05) is 0 Å². The van der Waals surface area contributed by atoms with E-state index in [4.69, 9.17) is 5.11 Å². The Morgan fingerprint density at radius 2 is 2.10 bits per heavy atom. The molecule has 0 amide bonds. The average Bonchev–Trinajstić information content (AvgIpc) is 3.18. The van der Waals surface area contributed by atoms with Gasteiger partial charge < -0.3 is 10.4 Å². The van der Waals surface area contributed by atoms with Crippen molar-refractivity contribution in [2.24, 2.45) is 11.8 Å². The van der Waals surface area contributed by atoms with Gasteiger partial charge in [0, 0.05) is 31.6 Å². The topological polar surface area (TPSA) is 52.6 Å². The number of aliphatic carboxylic acids is 1. The normalized spacial score (nSPS) is 29.6. The first kappa shape index (κ1) is 15.6. The first-order valence-electron chi connectivity index (χ1n) is 7.43. The van der Waals surface area contributed by atoms with E-state index in [2.05, 4.69) is 17.1 Å². The van der Waals surface area contributed by atoms with Crippen molar-refractivity contribution < 1.29 is 18.7 Å². The summed E-state index contributed by atoms with van der Waals surface area (Å²) in [5.41, 5.74) is 0. The van der Waals surface area contributed by atoms with Gasteiger partial charge in [0.25, 0.3) is 6.43 Å². The molecule has 0 spiro atoms. The summed E-state index contributed by atoms with van der Waals surface area (Å²) in [6, 6.07) is 0.408. The fraction of sp³-hybridized carbons (Fsp3) is 0.929. The SMILES string of the molecule is CC(C1CC1)N1CC(CC(=O)O)CC(NCC(F)F)C1. The number of nitrogens with zero attached hydrogens (tertiary/aromatic N) is 1. The summed E-state index contributed by atoms with van der Waals surface area (Å²) in [7, 11) is 0. The van der Waals surface area contributed by atoms with Crippen LogP contribution in [0.2, 0.25) is 0 Å². The maximum Gasteiger partial charge on any atom is 0.303 e. The highest BCUT2D eigenvalue weighted by Gasteiger charge is 2.37. The number of nitrogens with one attached hydrogen (secondary N) is 1. The lowest BCUT2D eigenvalue weighted by molar-refractivity contribution is -0.138. The molecule has 2 fully saturated rings. The van der Waals surface area contributed by atoms with Gasteiger partial charge in [0.2, 0.25) is 0 Å². The summed E-state index contributed by atoms with van der Waals surface area (Å²) in [5, 5.41) is 11.8. The number of carboxylic acids is 1. The second-order valence-electron chi connectivity index (χ2n) is 6.23. The van der Waals surface area contributed by atoms with Crippen molar-refractivity contribution in [3.63, 3.8) is 0 Å². The van der Waals surface area contributed by atoms with Gasteiger partial charge >= 0.3 is 5.97 Å². The standard InChI is InChI=1S/C14H24F2N2O2/c1-9(11-2-3-11)18-7-10(5-14(19)20)4-12(8-18)17-6-13(15)16/h9-13,17H,2-8H2,1H3,(H,19,20). The third kappa shape index (κ3) is 4.66. The van der Waals surface area contributed by atoms with Gasteiger partial charge in [-0.05, 0) is 38.0 Å². The number of halogens is 2. The maximum absolute atomic E-state index is 12.3. The first-order valence-corrected chi connectivity index (χ1v) is 7.43. The van der Waals surface area contributed by atoms with E-state index in [1.54, 1.807) is 0 Å². The second kappa shape index (κ2) is 6.80. The highest BCUT2D eigenvalue weighted by molar-refractivity contribution is 5.67. The molecule has 0 bridgehead atoms. The van der Waals surface area contributed by atoms with Crippen LogP contribution in [0.15, 0.2) is 0 Å². The summed E-state index contributed by atoms with van der Waals surface area (Å²) in [4.78, 5) is 13.2. The Bertz CT molecular complexity index is 337. The van der Waals surface area contributed by atoms with Crippen molar-refractivity contribution >= 4 is 5.97 Å². The van der Waals surface area contributed by atoms with Crippen LogP contribution in [-0.2, 0) is 4.79 Å². The van der Waals surface area contributed by atoms with Crippen LogP contribution >= 0.6 is 0 Å². The zero-order chi connectivity index (χ0) is 14.7. The van der Waals surface area contributed by atoms with E-state index in [0.717, 1.165) is 13.1 Å². The van der Waals surface area contributed by atoms with Gasteiger partial charge in [-0.3, -0.25) is 9.69 Å². The maximum atomic E-state index is 12.3. The van der Waals surface area contributed by atoms with Gasteiger partial charge in [0.1, 0.15) is 0 Å². The molecule has 6 heteroatoms. The quantitative estimate of drug-likeness (QED) is 0.751. The van der Waals surface area contributed by atoms with E-state index >= 15 is 0 Å². The van der Waals surface area contributed by atoms with Gasteiger partial charge in [-0.2, -0.15) is 0 Å². The molecule has 3 atom stereocenters. The van der Waals surface area contributed by atoms with Crippen molar-refractivity contribution in [3.05, 3.63) is 0 Å². The minimum absolute atomic E-state index is 0.0247. The molecule has 2 rings (SSSR count). The number of rotatable bonds is 7. The molecular weight excluding hydrogens is 266 g/mol. The third-order valence-corrected chi connectivity index (χ3v) is 4.47. The van der Waals surface area contributed by atoms with Crippen LogP contribution in [0.4, 0.5) is 8.78 Å². The molecule has 4 nitrogen and oxygen atoms in total. The van der Waals surface area contributed by atoms with E-state index < -0.39 is 12.4 Å². The van der Waals surface area contributed by atoms with E-state index in [1.165, 1.54) is 12.8 Å². The van der Waals surface area contributed by atoms with Crippen LogP contribution in [0, 0.1) is 11.8 Å². The number of carboxylic acid groups (broad SMARTS) is 1. The number of carbonyl (C=O) groups is 1. The van der Waals surface area contributed by atoms with Crippen molar-refractivity contribution in [2.75, 3.05) is 19.6 Å². The van der Waals surface area contributed by atoms with Crippen LogP contribution in [0.3, 0.4) is 0 Å². The molecule has 2 aliphatic rings. The molecule has 116 valence electrons. The fourth-order valence-electron chi connectivity index (χ4n) is 3.25. The molecule has 20 heavy (non-hydrogen) atoms. The molecule has 1 heterocycles. The fourth-order valence-corrected chi connectivity index (χ4v) is 3.25. The molecule has 2 N–H and O–H groups in total. The molecule has 0 aromatic rings. The van der Waals surface area contributed by atoms with E-state index in [-0.39, 0.29) is 24.9 Å². The molecule has 0 aromatic carbocycles. The van der Waals surface area contributed by atoms with E-state index in [9.17, 15) is 13.6 Å². The Kier molecular flexibility index (Phi) is 5.32. The van der Waals surface area contributed by atoms with Gasteiger partial charge in [0.05, 0.1) is 6.54 Å². The Balaban J connectivity index is 1.92. The lowest BCUT2D eigenvalue weighted by atomic mass is 9.90. The second-order valence-corrected chi connectivity index (χ2v) is 6.23. The molecular formula is C14H24F2N2O2. The van der Waals surface area contributed by atoms with Crippen molar-refractivity contribution in [1.82, 2.24) is 10.2 Å². The van der Waals surface area contributed by atoms with Gasteiger partial charge in [0.15, 0.2) is 0 Å². The third-order valence-electron chi connectivity index (χ3n) is 4.47. The number of hydrogen-bond acceptors (Lipinski definition) is 3. The molecule has 0 aromatic heterocycles. The lowest BCUT2D eigenvalue weighted by Crippen LogP contribution is -2.53. The minimum atomic E-state index is -2.36. The highest BCUT2D eigenvalue weighted by atomic mass is 19.3. The van der Waals surface area contributed by atoms with Crippen LogP contribution in [0.1, 0.15) is 32.6 Å². The summed E-state index contributed by atoms with van der Waals surface area (Å²) < 4.78 is 24.6. The van der Waals surface area contributed by atoms with Crippen LogP contribution < -0.4 is 5.32 Å². The minimum Gasteiger partial charge on any atom is -0.481 e. The molecule has 3 unspecified atom stereocenters. The Hall–Kier alpha value is -0.750. The first-order chi connectivity index (χ1) is 9.45. The summed E-state index contributed by atoms with van der Waals surface area (Å²) in [6.45, 7) is 3.39. The van der Waals surface area contributed by atoms with E-state index in [0.29, 0.717) is 18.4 Å². The van der Waals surface area contributed by atoms with E-state index in [1.807, 2.05) is 0 Å². The summed E-state index contributed by atoms with van der Waals surface area (Å²) >= 11 is 0. The van der Waals surface area contributed by atoms with Crippen LogP contribution in [0.25, 0.3) is 0 Å². The molecule has 0 radical (unpaired) electrons. The Morgan fingerprint density at radius 1 is 1.40 bits per heavy atom. The predicted molar refractivity (Wildman–Crippen MR) is 71.9 cm³/mol.